The molecule has 1 amide bonds. The summed E-state index contributed by atoms with van der Waals surface area (Å²) >= 11 is 1.36. The Balaban J connectivity index is 0.000000505. The Hall–Kier alpha value is -3.24. The number of likely N-dealkylation sites (tertiary alicyclic amines) is 1. The van der Waals surface area contributed by atoms with Crippen molar-refractivity contribution in [2.45, 2.75) is 38.9 Å². The number of carbonyl (C=O) groups excluding carboxylic acids is 1. The number of aliphatic carboxylic acids is 1. The van der Waals surface area contributed by atoms with E-state index in [0.717, 1.165) is 31.6 Å². The molecular formula is C28H30F4N2O3S. The summed E-state index contributed by atoms with van der Waals surface area (Å²) in [4.78, 5) is 24.6. The number of hydrogen-bond donors (Lipinski definition) is 2. The molecule has 1 fully saturated rings. The van der Waals surface area contributed by atoms with Crippen molar-refractivity contribution < 1.29 is 32.3 Å². The lowest BCUT2D eigenvalue weighted by Gasteiger charge is -2.17. The summed E-state index contributed by atoms with van der Waals surface area (Å²) in [5, 5.41) is 12.0. The van der Waals surface area contributed by atoms with Crippen molar-refractivity contribution in [3.8, 4) is 11.1 Å². The van der Waals surface area contributed by atoms with Crippen molar-refractivity contribution in [1.29, 1.82) is 0 Å². The molecule has 2 N–H and O–H groups in total. The minimum atomic E-state index is -5.08. The van der Waals surface area contributed by atoms with Gasteiger partial charge in [0.05, 0.1) is 4.88 Å². The fourth-order valence-electron chi connectivity index (χ4n) is 4.11. The third-order valence-corrected chi connectivity index (χ3v) is 7.15. The SMILES string of the molecule is CC(C)c1ccc(CN2CCC(CNC(=O)c3cc(-c4ccccc4F)cs3)C2)cc1.O=C(O)C(F)(F)F. The smallest absolute Gasteiger partial charge is 0.475 e. The van der Waals surface area contributed by atoms with Gasteiger partial charge in [-0.15, -0.1) is 11.3 Å². The lowest BCUT2D eigenvalue weighted by atomic mass is 10.0. The first kappa shape index (κ1) is 29.3. The van der Waals surface area contributed by atoms with Gasteiger partial charge in [0.2, 0.25) is 0 Å². The number of thiophene rings is 1. The Bertz CT molecular complexity index is 1230. The normalized spacial score (nSPS) is 15.7. The van der Waals surface area contributed by atoms with E-state index in [0.29, 0.717) is 28.8 Å². The quantitative estimate of drug-likeness (QED) is 0.327. The molecule has 0 aliphatic carbocycles. The predicted octanol–water partition coefficient (Wildman–Crippen LogP) is 6.56. The maximum atomic E-state index is 14.0. The number of amides is 1. The van der Waals surface area contributed by atoms with Crippen LogP contribution in [0.25, 0.3) is 11.1 Å². The summed E-state index contributed by atoms with van der Waals surface area (Å²) in [5.41, 5.74) is 4.00. The second kappa shape index (κ2) is 13.0. The zero-order valence-electron chi connectivity index (χ0n) is 21.1. The highest BCUT2D eigenvalue weighted by Crippen LogP contribution is 2.28. The van der Waals surface area contributed by atoms with E-state index in [2.05, 4.69) is 48.3 Å². The first-order valence-electron chi connectivity index (χ1n) is 12.2. The standard InChI is InChI=1S/C26H29FN2OS.C2HF3O2/c1-18(2)21-9-7-19(8-10-21)15-29-12-11-20(16-29)14-28-26(30)25-13-22(17-31-25)23-5-3-4-6-24(23)27;3-2(4,5)1(6)7/h3-10,13,17-18,20H,11-12,14-16H2,1-2H3,(H,28,30);(H,6,7). The van der Waals surface area contributed by atoms with Crippen LogP contribution in [0.4, 0.5) is 17.6 Å². The van der Waals surface area contributed by atoms with Crippen molar-refractivity contribution in [2.75, 3.05) is 19.6 Å². The minimum absolute atomic E-state index is 0.0738. The van der Waals surface area contributed by atoms with E-state index in [9.17, 15) is 22.4 Å². The van der Waals surface area contributed by atoms with Gasteiger partial charge in [0.1, 0.15) is 5.82 Å². The molecule has 1 aliphatic rings. The maximum Gasteiger partial charge on any atom is 0.490 e. The molecule has 0 saturated carbocycles. The first-order chi connectivity index (χ1) is 17.9. The van der Waals surface area contributed by atoms with Gasteiger partial charge < -0.3 is 10.4 Å². The Labute approximate surface area is 223 Å². The number of nitrogens with one attached hydrogen (secondary N) is 1. The summed E-state index contributed by atoms with van der Waals surface area (Å²) in [6.07, 6.45) is -3.99. The third-order valence-electron chi connectivity index (χ3n) is 6.22. The van der Waals surface area contributed by atoms with Crippen LogP contribution in [0.1, 0.15) is 47.0 Å². The van der Waals surface area contributed by atoms with Crippen LogP contribution >= 0.6 is 11.3 Å². The fraction of sp³-hybridized carbons (Fsp3) is 0.357. The van der Waals surface area contributed by atoms with Crippen molar-refractivity contribution >= 4 is 23.2 Å². The Morgan fingerprint density at radius 2 is 1.79 bits per heavy atom. The molecule has 4 rings (SSSR count). The minimum Gasteiger partial charge on any atom is -0.475 e. The van der Waals surface area contributed by atoms with E-state index >= 15 is 0 Å². The molecule has 5 nitrogen and oxygen atoms in total. The molecule has 1 aromatic heterocycles. The highest BCUT2D eigenvalue weighted by atomic mass is 32.1. The second-order valence-corrected chi connectivity index (χ2v) is 10.4. The molecule has 0 spiro atoms. The van der Waals surface area contributed by atoms with Crippen molar-refractivity contribution in [1.82, 2.24) is 10.2 Å². The second-order valence-electron chi connectivity index (χ2n) is 9.48. The van der Waals surface area contributed by atoms with Gasteiger partial charge in [-0.1, -0.05) is 56.3 Å². The molecule has 2 aromatic carbocycles. The lowest BCUT2D eigenvalue weighted by molar-refractivity contribution is -0.192. The molecule has 1 unspecified atom stereocenters. The summed E-state index contributed by atoms with van der Waals surface area (Å²) in [5.74, 6) is -2.08. The van der Waals surface area contributed by atoms with E-state index in [4.69, 9.17) is 9.90 Å². The number of nitrogens with zero attached hydrogens (tertiary/aromatic N) is 1. The Kier molecular flexibility index (Phi) is 10.0. The van der Waals surface area contributed by atoms with E-state index in [1.165, 1.54) is 28.5 Å². The van der Waals surface area contributed by atoms with Crippen LogP contribution in [-0.4, -0.2) is 47.7 Å². The first-order valence-corrected chi connectivity index (χ1v) is 13.0. The zero-order chi connectivity index (χ0) is 27.9. The number of carboxylic acid groups (broad SMARTS) is 1. The number of alkyl halides is 3. The summed E-state index contributed by atoms with van der Waals surface area (Å²) in [6, 6.07) is 17.3. The van der Waals surface area contributed by atoms with Gasteiger partial charge in [-0.3, -0.25) is 9.69 Å². The summed E-state index contributed by atoms with van der Waals surface area (Å²) in [7, 11) is 0. The van der Waals surface area contributed by atoms with Crippen LogP contribution in [0.3, 0.4) is 0 Å². The van der Waals surface area contributed by atoms with Crippen molar-refractivity contribution in [2.24, 2.45) is 5.92 Å². The molecule has 1 atom stereocenters. The lowest BCUT2D eigenvalue weighted by Crippen LogP contribution is -2.30. The van der Waals surface area contributed by atoms with Gasteiger partial charge in [0.25, 0.3) is 5.91 Å². The predicted molar refractivity (Wildman–Crippen MR) is 140 cm³/mol. The Morgan fingerprint density at radius 3 is 2.39 bits per heavy atom. The van der Waals surface area contributed by atoms with Crippen LogP contribution in [0, 0.1) is 11.7 Å². The van der Waals surface area contributed by atoms with Crippen LogP contribution in [-0.2, 0) is 11.3 Å². The molecule has 2 heterocycles. The van der Waals surface area contributed by atoms with E-state index < -0.39 is 12.1 Å². The van der Waals surface area contributed by atoms with Gasteiger partial charge in [-0.05, 0) is 59.0 Å². The summed E-state index contributed by atoms with van der Waals surface area (Å²) < 4.78 is 45.7. The summed E-state index contributed by atoms with van der Waals surface area (Å²) in [6.45, 7) is 8.12. The monoisotopic (exact) mass is 550 g/mol. The van der Waals surface area contributed by atoms with Gasteiger partial charge in [0.15, 0.2) is 0 Å². The number of halogens is 4. The molecule has 0 radical (unpaired) electrons. The van der Waals surface area contributed by atoms with Crippen LogP contribution in [0.15, 0.2) is 60.0 Å². The van der Waals surface area contributed by atoms with Gasteiger partial charge in [-0.2, -0.15) is 13.2 Å². The molecular weight excluding hydrogens is 520 g/mol. The number of carboxylic acids is 1. The van der Waals surface area contributed by atoms with Crippen LogP contribution < -0.4 is 5.32 Å². The van der Waals surface area contributed by atoms with Crippen LogP contribution in [0.5, 0.6) is 0 Å². The molecule has 3 aromatic rings. The highest BCUT2D eigenvalue weighted by molar-refractivity contribution is 7.12. The molecule has 0 bridgehead atoms. The average molecular weight is 551 g/mol. The van der Waals surface area contributed by atoms with E-state index in [-0.39, 0.29) is 11.7 Å². The topological polar surface area (TPSA) is 69.6 Å². The molecule has 38 heavy (non-hydrogen) atoms. The number of benzene rings is 2. The maximum absolute atomic E-state index is 14.0. The Morgan fingerprint density at radius 1 is 1.13 bits per heavy atom. The number of hydrogen-bond acceptors (Lipinski definition) is 4. The molecule has 1 aliphatic heterocycles. The largest absolute Gasteiger partial charge is 0.490 e. The highest BCUT2D eigenvalue weighted by Gasteiger charge is 2.38. The van der Waals surface area contributed by atoms with Crippen molar-refractivity contribution in [3.63, 3.8) is 0 Å². The zero-order valence-corrected chi connectivity index (χ0v) is 21.9. The molecule has 10 heteroatoms. The number of carbonyl (C=O) groups is 2. The van der Waals surface area contributed by atoms with Crippen molar-refractivity contribution in [3.05, 3.63) is 81.8 Å². The van der Waals surface area contributed by atoms with Gasteiger partial charge >= 0.3 is 12.1 Å². The molecule has 204 valence electrons. The van der Waals surface area contributed by atoms with Gasteiger partial charge in [-0.25, -0.2) is 9.18 Å². The molecule has 1 saturated heterocycles. The van der Waals surface area contributed by atoms with Gasteiger partial charge in [0, 0.05) is 25.2 Å². The number of rotatable bonds is 7. The van der Waals surface area contributed by atoms with E-state index in [1.54, 1.807) is 24.3 Å². The third kappa shape index (κ3) is 8.39. The van der Waals surface area contributed by atoms with Crippen LogP contribution in [0.2, 0.25) is 0 Å². The fourth-order valence-corrected chi connectivity index (χ4v) is 4.93. The average Bonchev–Trinajstić information content (AvgIpc) is 3.53. The van der Waals surface area contributed by atoms with E-state index in [1.807, 2.05) is 5.38 Å².